The molecule has 0 aliphatic rings. The Kier molecular flexibility index (Phi) is 4.76. The number of carboxylic acids is 1. The van der Waals surface area contributed by atoms with Crippen molar-refractivity contribution in [2.75, 3.05) is 26.7 Å². The van der Waals surface area contributed by atoms with Crippen molar-refractivity contribution >= 4 is 5.97 Å². The van der Waals surface area contributed by atoms with Crippen molar-refractivity contribution in [3.63, 3.8) is 0 Å². The summed E-state index contributed by atoms with van der Waals surface area (Å²) in [5, 5.41) is 16.8. The molecule has 1 unspecified atom stereocenters. The quantitative estimate of drug-likeness (QED) is 0.449. The number of nitrogens with two attached hydrogens (primary N) is 1. The molecule has 5 nitrogen and oxygen atoms in total. The van der Waals surface area contributed by atoms with Crippen molar-refractivity contribution in [2.45, 2.75) is 6.04 Å². The van der Waals surface area contributed by atoms with E-state index in [0.717, 1.165) is 0 Å². The Morgan fingerprint density at radius 3 is 2.64 bits per heavy atom. The number of aliphatic hydroxyl groups excluding tert-OH is 1. The van der Waals surface area contributed by atoms with Crippen molar-refractivity contribution in [3.8, 4) is 0 Å². The molecule has 0 spiro atoms. The van der Waals surface area contributed by atoms with Gasteiger partial charge < -0.3 is 20.8 Å². The molecule has 0 radical (unpaired) electrons. The Morgan fingerprint density at radius 1 is 1.73 bits per heavy atom. The van der Waals surface area contributed by atoms with Crippen molar-refractivity contribution in [1.82, 2.24) is 4.90 Å². The van der Waals surface area contributed by atoms with Crippen molar-refractivity contribution in [1.29, 1.82) is 0 Å². The van der Waals surface area contributed by atoms with Gasteiger partial charge in [-0.2, -0.15) is 0 Å². The molecule has 0 aliphatic carbocycles. The van der Waals surface area contributed by atoms with E-state index < -0.39 is 12.0 Å². The zero-order valence-electron chi connectivity index (χ0n) is 6.53. The smallest absolute Gasteiger partial charge is 0.321 e. The van der Waals surface area contributed by atoms with E-state index in [4.69, 9.17) is 15.9 Å². The zero-order valence-corrected chi connectivity index (χ0v) is 6.53. The molecule has 1 atom stereocenters. The molecular formula is C6H14N2O3. The van der Waals surface area contributed by atoms with Gasteiger partial charge in [0.25, 0.3) is 0 Å². The lowest BCUT2D eigenvalue weighted by atomic mass is 10.3. The van der Waals surface area contributed by atoms with Crippen LogP contribution < -0.4 is 5.73 Å². The Morgan fingerprint density at radius 2 is 2.27 bits per heavy atom. The predicted octanol–water partition coefficient (Wildman–Crippen LogP) is -1.68. The standard InChI is InChI=1S/C6H14N2O3/c1-8(2-3-9)4-5(7)6(10)11/h5,9H,2-4,7H2,1H3,(H,10,11). The summed E-state index contributed by atoms with van der Waals surface area (Å²) in [6, 6.07) is -0.869. The Bertz CT molecular complexity index is 129. The van der Waals surface area contributed by atoms with E-state index in [0.29, 0.717) is 6.54 Å². The number of hydrogen-bond donors (Lipinski definition) is 3. The van der Waals surface area contributed by atoms with Crippen molar-refractivity contribution < 1.29 is 15.0 Å². The molecule has 0 bridgehead atoms. The third-order valence-corrected chi connectivity index (χ3v) is 1.31. The fourth-order valence-corrected chi connectivity index (χ4v) is 0.676. The van der Waals surface area contributed by atoms with Crippen LogP contribution >= 0.6 is 0 Å². The van der Waals surface area contributed by atoms with E-state index in [1.165, 1.54) is 0 Å². The summed E-state index contributed by atoms with van der Waals surface area (Å²) in [6.07, 6.45) is 0. The molecule has 66 valence electrons. The van der Waals surface area contributed by atoms with E-state index in [1.54, 1.807) is 11.9 Å². The third kappa shape index (κ3) is 4.72. The number of rotatable bonds is 5. The van der Waals surface area contributed by atoms with Gasteiger partial charge in [0, 0.05) is 13.1 Å². The highest BCUT2D eigenvalue weighted by molar-refractivity contribution is 5.73. The summed E-state index contributed by atoms with van der Waals surface area (Å²) in [5.41, 5.74) is 5.22. The fraction of sp³-hybridized carbons (Fsp3) is 0.833. The summed E-state index contributed by atoms with van der Waals surface area (Å²) >= 11 is 0. The van der Waals surface area contributed by atoms with Gasteiger partial charge in [0.15, 0.2) is 0 Å². The number of aliphatic hydroxyl groups is 1. The first kappa shape index (κ1) is 10.3. The predicted molar refractivity (Wildman–Crippen MR) is 40.2 cm³/mol. The largest absolute Gasteiger partial charge is 0.480 e. The van der Waals surface area contributed by atoms with E-state index in [-0.39, 0.29) is 13.2 Å². The second-order valence-corrected chi connectivity index (χ2v) is 2.43. The average molecular weight is 162 g/mol. The lowest BCUT2D eigenvalue weighted by molar-refractivity contribution is -0.138. The van der Waals surface area contributed by atoms with Gasteiger partial charge in [-0.15, -0.1) is 0 Å². The minimum atomic E-state index is -1.02. The SMILES string of the molecule is CN(CCO)CC(N)C(=O)O. The molecule has 0 amide bonds. The van der Waals surface area contributed by atoms with Crippen LogP contribution in [0.3, 0.4) is 0 Å². The maximum Gasteiger partial charge on any atom is 0.321 e. The van der Waals surface area contributed by atoms with Crippen LogP contribution in [0.5, 0.6) is 0 Å². The number of likely N-dealkylation sites (N-methyl/N-ethyl adjacent to an activating group) is 1. The number of aliphatic carboxylic acids is 1. The molecule has 0 aromatic rings. The molecule has 4 N–H and O–H groups in total. The van der Waals surface area contributed by atoms with Gasteiger partial charge in [-0.1, -0.05) is 0 Å². The van der Waals surface area contributed by atoms with Crippen LogP contribution in [0, 0.1) is 0 Å². The summed E-state index contributed by atoms with van der Waals surface area (Å²) < 4.78 is 0. The number of carboxylic acid groups (broad SMARTS) is 1. The van der Waals surface area contributed by atoms with Crippen LogP contribution in [0.1, 0.15) is 0 Å². The van der Waals surface area contributed by atoms with Gasteiger partial charge in [-0.3, -0.25) is 4.79 Å². The van der Waals surface area contributed by atoms with E-state index in [9.17, 15) is 4.79 Å². The molecule has 0 aliphatic heterocycles. The van der Waals surface area contributed by atoms with Gasteiger partial charge in [-0.05, 0) is 7.05 Å². The molecule has 0 saturated carbocycles. The number of carbonyl (C=O) groups is 1. The molecular weight excluding hydrogens is 148 g/mol. The molecule has 0 fully saturated rings. The van der Waals surface area contributed by atoms with E-state index in [1.807, 2.05) is 0 Å². The molecule has 0 saturated heterocycles. The summed E-state index contributed by atoms with van der Waals surface area (Å²) in [7, 11) is 1.71. The van der Waals surface area contributed by atoms with Crippen LogP contribution in [0.15, 0.2) is 0 Å². The van der Waals surface area contributed by atoms with E-state index >= 15 is 0 Å². The molecule has 0 heterocycles. The van der Waals surface area contributed by atoms with Crippen LogP contribution in [0.2, 0.25) is 0 Å². The molecule has 0 rings (SSSR count). The minimum absolute atomic E-state index is 0.0167. The molecule has 0 aromatic carbocycles. The van der Waals surface area contributed by atoms with Gasteiger partial charge in [-0.25, -0.2) is 0 Å². The highest BCUT2D eigenvalue weighted by Gasteiger charge is 2.12. The normalized spacial score (nSPS) is 13.5. The van der Waals surface area contributed by atoms with Crippen LogP contribution in [-0.4, -0.2) is 53.9 Å². The maximum absolute atomic E-state index is 10.2. The Hall–Kier alpha value is -0.650. The Labute approximate surface area is 65.4 Å². The first-order valence-electron chi connectivity index (χ1n) is 3.35. The van der Waals surface area contributed by atoms with Crippen LogP contribution in [0.25, 0.3) is 0 Å². The number of nitrogens with zero attached hydrogens (tertiary/aromatic N) is 1. The fourth-order valence-electron chi connectivity index (χ4n) is 0.676. The summed E-state index contributed by atoms with van der Waals surface area (Å²) in [6.45, 7) is 0.722. The monoisotopic (exact) mass is 162 g/mol. The maximum atomic E-state index is 10.2. The van der Waals surface area contributed by atoms with Crippen LogP contribution in [-0.2, 0) is 4.79 Å². The second-order valence-electron chi connectivity index (χ2n) is 2.43. The molecule has 5 heteroatoms. The highest BCUT2D eigenvalue weighted by atomic mass is 16.4. The summed E-state index contributed by atoms with van der Waals surface area (Å²) in [5.74, 6) is -1.02. The van der Waals surface area contributed by atoms with E-state index in [2.05, 4.69) is 0 Å². The zero-order chi connectivity index (χ0) is 8.85. The average Bonchev–Trinajstić information content (AvgIpc) is 1.87. The van der Waals surface area contributed by atoms with Crippen molar-refractivity contribution in [2.24, 2.45) is 5.73 Å². The molecule has 0 aromatic heterocycles. The lowest BCUT2D eigenvalue weighted by Crippen LogP contribution is -2.41. The van der Waals surface area contributed by atoms with Gasteiger partial charge >= 0.3 is 5.97 Å². The summed E-state index contributed by atoms with van der Waals surface area (Å²) in [4.78, 5) is 11.9. The topological polar surface area (TPSA) is 86.8 Å². The first-order valence-corrected chi connectivity index (χ1v) is 3.35. The van der Waals surface area contributed by atoms with Crippen molar-refractivity contribution in [3.05, 3.63) is 0 Å². The van der Waals surface area contributed by atoms with Crippen LogP contribution in [0.4, 0.5) is 0 Å². The Balaban J connectivity index is 3.56. The van der Waals surface area contributed by atoms with Gasteiger partial charge in [0.2, 0.25) is 0 Å². The lowest BCUT2D eigenvalue weighted by Gasteiger charge is -2.16. The van der Waals surface area contributed by atoms with Gasteiger partial charge in [0.05, 0.1) is 6.61 Å². The third-order valence-electron chi connectivity index (χ3n) is 1.31. The molecule has 11 heavy (non-hydrogen) atoms. The number of hydrogen-bond acceptors (Lipinski definition) is 4. The highest BCUT2D eigenvalue weighted by Crippen LogP contribution is 1.85. The minimum Gasteiger partial charge on any atom is -0.480 e. The second kappa shape index (κ2) is 5.06. The first-order chi connectivity index (χ1) is 5.07. The van der Waals surface area contributed by atoms with Gasteiger partial charge in [0.1, 0.15) is 6.04 Å².